The predicted octanol–water partition coefficient (Wildman–Crippen LogP) is 14.6. The van der Waals surface area contributed by atoms with Gasteiger partial charge >= 0.3 is 104 Å². The number of halogens is 12. The quantitative estimate of drug-likeness (QED) is 0.0706. The molecule has 0 saturated heterocycles. The van der Waals surface area contributed by atoms with Crippen LogP contribution in [0.2, 0.25) is 0 Å². The van der Waals surface area contributed by atoms with Gasteiger partial charge in [0.25, 0.3) is 0 Å². The van der Waals surface area contributed by atoms with Gasteiger partial charge in [0.2, 0.25) is 0 Å². The molecule has 0 N–H and O–H groups in total. The van der Waals surface area contributed by atoms with Crippen LogP contribution < -0.4 is 0 Å². The van der Waals surface area contributed by atoms with E-state index in [0.717, 1.165) is 22.8 Å². The average molecular weight is 1200 g/mol. The Balaban J connectivity index is -0.000000208. The van der Waals surface area contributed by atoms with Crippen LogP contribution in [0.15, 0.2) is 156 Å². The maximum Gasteiger partial charge on any atom is 2.00 e. The summed E-state index contributed by atoms with van der Waals surface area (Å²) in [6, 6.07) is 39.4. The molecule has 6 aromatic rings. The zero-order chi connectivity index (χ0) is 47.6. The molecule has 63 heavy (non-hydrogen) atoms. The van der Waals surface area contributed by atoms with Crippen molar-refractivity contribution in [3.8, 4) is 41.0 Å². The second kappa shape index (κ2) is 31.0. The second-order valence-corrected chi connectivity index (χ2v) is 14.5. The van der Waals surface area contributed by atoms with Crippen LogP contribution >= 0.6 is 15.6 Å². The molecule has 0 aromatic carbocycles. The van der Waals surface area contributed by atoms with E-state index in [1.807, 2.05) is 97.1 Å². The molecule has 0 spiro atoms. The molecule has 0 saturated carbocycles. The normalized spacial score (nSPS) is 11.1. The van der Waals surface area contributed by atoms with Crippen molar-refractivity contribution in [3.05, 3.63) is 146 Å². The van der Waals surface area contributed by atoms with Gasteiger partial charge in [-0.25, -0.2) is 0 Å². The molecule has 0 aliphatic heterocycles. The molecule has 0 bridgehead atoms. The van der Waals surface area contributed by atoms with Crippen molar-refractivity contribution in [2.75, 3.05) is 0 Å². The summed E-state index contributed by atoms with van der Waals surface area (Å²) in [5.74, 6) is 0. The van der Waals surface area contributed by atoms with E-state index in [1.165, 1.54) is 20.8 Å². The standard InChI is InChI=1S/2C10H8N2.2C5H5NS.3C2H3N.Cu.2F6P.Pt/c2*1-3-7-11-9(5-1)10-6-2-4-8-12-10;2*7-5-3-1-2-4-6-5;3*1-2-3;;2*1-7(2,3,4,5)6;/h2*1-8H;2*1-4H,(H,6,7);3*1H3;;;;/q;;;;;;;+2;2*-1;+2/p-2. The van der Waals surface area contributed by atoms with Gasteiger partial charge in [0.15, 0.2) is 0 Å². The first-order chi connectivity index (χ1) is 27.9. The summed E-state index contributed by atoms with van der Waals surface area (Å²) in [6.07, 6.45) is 10.4. The van der Waals surface area contributed by atoms with Gasteiger partial charge in [-0.2, -0.15) is 15.8 Å². The van der Waals surface area contributed by atoms with Gasteiger partial charge < -0.3 is 25.3 Å². The second-order valence-electron chi connectivity index (χ2n) is 9.78. The van der Waals surface area contributed by atoms with E-state index < -0.39 is 15.6 Å². The van der Waals surface area contributed by atoms with Crippen LogP contribution in [0.4, 0.5) is 50.4 Å². The van der Waals surface area contributed by atoms with Gasteiger partial charge in [0.1, 0.15) is 0 Å². The summed E-state index contributed by atoms with van der Waals surface area (Å²) in [5, 5.41) is 23.3. The molecule has 0 aliphatic rings. The topological polar surface area (TPSA) is 149 Å². The van der Waals surface area contributed by atoms with E-state index in [1.54, 1.807) is 67.5 Å². The third-order valence-corrected chi connectivity index (χ3v) is 4.94. The van der Waals surface area contributed by atoms with Crippen molar-refractivity contribution in [1.82, 2.24) is 29.9 Å². The number of nitrogens with zero attached hydrogens (tertiary/aromatic N) is 9. The fraction of sp³-hybridized carbons (Fsp3) is 0.0833. The average Bonchev–Trinajstić information content (AvgIpc) is 3.16. The molecule has 6 aromatic heterocycles. The molecule has 0 amide bonds. The van der Waals surface area contributed by atoms with Crippen LogP contribution in [-0.2, 0) is 63.4 Å². The zero-order valence-corrected chi connectivity index (χ0v) is 38.9. The van der Waals surface area contributed by atoms with Crippen molar-refractivity contribution < 1.29 is 88.5 Å². The first kappa shape index (κ1) is 67.1. The number of hydrogen-bond acceptors (Lipinski definition) is 11. The van der Waals surface area contributed by atoms with Gasteiger partial charge in [-0.1, -0.05) is 58.6 Å². The molecular formula is C36H33CuF12N9P2PtS2. The van der Waals surface area contributed by atoms with Crippen molar-refractivity contribution in [2.45, 2.75) is 30.8 Å². The third kappa shape index (κ3) is 66.3. The van der Waals surface area contributed by atoms with E-state index in [-0.39, 0.29) is 38.1 Å². The van der Waals surface area contributed by atoms with E-state index in [2.05, 4.69) is 29.9 Å². The fourth-order valence-electron chi connectivity index (χ4n) is 2.75. The Morgan fingerprint density at radius 1 is 0.365 bits per heavy atom. The third-order valence-electron chi connectivity index (χ3n) is 4.46. The van der Waals surface area contributed by atoms with Crippen LogP contribution in [0.1, 0.15) is 20.8 Å². The van der Waals surface area contributed by atoms with Crippen LogP contribution in [0, 0.1) is 34.0 Å². The smallest absolute Gasteiger partial charge is 0.760 e. The molecule has 27 heteroatoms. The Morgan fingerprint density at radius 2 is 0.508 bits per heavy atom. The molecule has 0 fully saturated rings. The van der Waals surface area contributed by atoms with Crippen molar-refractivity contribution in [3.63, 3.8) is 0 Å². The van der Waals surface area contributed by atoms with Gasteiger partial charge in [-0.05, 0) is 60.7 Å². The molecule has 349 valence electrons. The molecule has 6 heterocycles. The maximum absolute atomic E-state index is 10.7. The van der Waals surface area contributed by atoms with Crippen molar-refractivity contribution in [1.29, 1.82) is 15.8 Å². The predicted molar refractivity (Wildman–Crippen MR) is 216 cm³/mol. The minimum atomic E-state index is -10.7. The molecule has 9 nitrogen and oxygen atoms in total. The minimum absolute atomic E-state index is 0. The van der Waals surface area contributed by atoms with Crippen molar-refractivity contribution >= 4 is 40.9 Å². The molecule has 0 atom stereocenters. The number of rotatable bonds is 2. The SMILES string of the molecule is CC#N.CC#N.CC#N.F[P-](F)(F)(F)(F)F.F[P-](F)(F)(F)(F)F.[Cu+2].[Pt+2].[S-]c1ccccn1.[S-]c1ccccn1.c1ccc(-c2ccccn2)nc1.c1ccc(-c2ccccn2)nc1. The molecule has 0 unspecified atom stereocenters. The summed E-state index contributed by atoms with van der Waals surface area (Å²) in [4.78, 5) is 24.3. The Labute approximate surface area is 391 Å². The van der Waals surface area contributed by atoms with E-state index in [9.17, 15) is 50.4 Å². The maximum atomic E-state index is 9.87. The van der Waals surface area contributed by atoms with E-state index >= 15 is 0 Å². The van der Waals surface area contributed by atoms with Crippen LogP contribution in [-0.4, -0.2) is 29.9 Å². The van der Waals surface area contributed by atoms with E-state index in [0.29, 0.717) is 10.1 Å². The first-order valence-corrected chi connectivity index (χ1v) is 20.6. The summed E-state index contributed by atoms with van der Waals surface area (Å²) in [6.45, 7) is 4.29. The first-order valence-electron chi connectivity index (χ1n) is 15.7. The van der Waals surface area contributed by atoms with Gasteiger partial charge in [-0.15, -0.1) is 0 Å². The van der Waals surface area contributed by atoms with Gasteiger partial charge in [-0.3, -0.25) is 29.9 Å². The van der Waals surface area contributed by atoms with E-state index in [4.69, 9.17) is 41.0 Å². The van der Waals surface area contributed by atoms with Gasteiger partial charge in [0, 0.05) is 58.0 Å². The summed E-state index contributed by atoms with van der Waals surface area (Å²) in [7, 11) is -21.3. The minimum Gasteiger partial charge on any atom is -0.760 e. The van der Waals surface area contributed by atoms with Crippen LogP contribution in [0.3, 0.4) is 0 Å². The van der Waals surface area contributed by atoms with Crippen LogP contribution in [0.5, 0.6) is 0 Å². The fourth-order valence-corrected chi connectivity index (χ4v) is 3.03. The summed E-state index contributed by atoms with van der Waals surface area (Å²) >= 11 is 9.40. The molecular weight excluding hydrogens is 1170 g/mol. The number of hydrogen-bond donors (Lipinski definition) is 0. The molecule has 6 rings (SSSR count). The van der Waals surface area contributed by atoms with Crippen LogP contribution in [0.25, 0.3) is 22.8 Å². The number of nitriles is 3. The Kier molecular flexibility index (Phi) is 33.0. The monoisotopic (exact) mass is 1200 g/mol. The van der Waals surface area contributed by atoms with Gasteiger partial charge in [0.05, 0.1) is 41.0 Å². The molecule has 0 aliphatic carbocycles. The zero-order valence-electron chi connectivity index (χ0n) is 32.2. The Morgan fingerprint density at radius 3 is 0.587 bits per heavy atom. The number of pyridine rings is 6. The summed E-state index contributed by atoms with van der Waals surface area (Å²) < 4.78 is 118. The Hall–Kier alpha value is -4.96. The van der Waals surface area contributed by atoms with Crippen molar-refractivity contribution in [2.24, 2.45) is 0 Å². The largest absolute Gasteiger partial charge is 2.00 e. The number of aromatic nitrogens is 6. The molecule has 1 radical (unpaired) electrons. The Bertz CT molecular complexity index is 1900. The summed E-state index contributed by atoms with van der Waals surface area (Å²) in [5.41, 5.74) is 3.66.